The molecule has 0 aliphatic carbocycles. The third kappa shape index (κ3) is 4.13. The molecule has 0 aliphatic rings. The van der Waals surface area contributed by atoms with Crippen molar-refractivity contribution in [3.63, 3.8) is 0 Å². The molecule has 124 valence electrons. The first kappa shape index (κ1) is 17.5. The molecule has 0 fully saturated rings. The van der Waals surface area contributed by atoms with E-state index in [1.807, 2.05) is 62.4 Å². The van der Waals surface area contributed by atoms with E-state index in [1.165, 1.54) is 0 Å². The van der Waals surface area contributed by atoms with Gasteiger partial charge in [0.1, 0.15) is 11.5 Å². The molecule has 2 aromatic carbocycles. The Bertz CT molecular complexity index is 767. The Hall–Kier alpha value is -2.81. The number of benzene rings is 2. The minimum absolute atomic E-state index is 0.0189. The van der Waals surface area contributed by atoms with Crippen LogP contribution in [0.5, 0.6) is 11.5 Å². The van der Waals surface area contributed by atoms with Crippen LogP contribution >= 0.6 is 0 Å². The van der Waals surface area contributed by atoms with Crippen LogP contribution in [0.4, 0.5) is 0 Å². The Morgan fingerprint density at radius 2 is 1.88 bits per heavy atom. The average Bonchev–Trinajstić information content (AvgIpc) is 2.59. The summed E-state index contributed by atoms with van der Waals surface area (Å²) in [4.78, 5) is 11.5. The van der Waals surface area contributed by atoms with Crippen LogP contribution in [0.3, 0.4) is 0 Å². The van der Waals surface area contributed by atoms with Gasteiger partial charge in [-0.2, -0.15) is 0 Å². The summed E-state index contributed by atoms with van der Waals surface area (Å²) in [7, 11) is 1.56. The van der Waals surface area contributed by atoms with Crippen LogP contribution in [0.2, 0.25) is 0 Å². The zero-order valence-corrected chi connectivity index (χ0v) is 14.2. The number of carbonyl (C=O) groups is 1. The van der Waals surface area contributed by atoms with Crippen molar-refractivity contribution in [2.45, 2.75) is 20.3 Å². The Morgan fingerprint density at radius 1 is 1.17 bits per heavy atom. The SMILES string of the molecule is COc1cc(/C=C/c2ccccc2)c(C=O)c(O)c1CC=C(C)C. The lowest BCUT2D eigenvalue weighted by atomic mass is 9.98. The summed E-state index contributed by atoms with van der Waals surface area (Å²) in [6.45, 7) is 3.97. The number of aldehydes is 1. The van der Waals surface area contributed by atoms with E-state index in [2.05, 4.69) is 0 Å². The molecule has 3 nitrogen and oxygen atoms in total. The summed E-state index contributed by atoms with van der Waals surface area (Å²) in [5, 5.41) is 10.5. The fourth-order valence-electron chi connectivity index (χ4n) is 2.42. The van der Waals surface area contributed by atoms with Gasteiger partial charge in [0.2, 0.25) is 0 Å². The molecular formula is C21H22O3. The molecule has 24 heavy (non-hydrogen) atoms. The monoisotopic (exact) mass is 322 g/mol. The second kappa shape index (κ2) is 8.16. The molecule has 0 aromatic heterocycles. The van der Waals surface area contributed by atoms with Crippen molar-refractivity contribution in [1.82, 2.24) is 0 Å². The molecule has 0 bridgehead atoms. The molecule has 0 unspecified atom stereocenters. The van der Waals surface area contributed by atoms with E-state index >= 15 is 0 Å². The van der Waals surface area contributed by atoms with Gasteiger partial charge in [-0.15, -0.1) is 0 Å². The van der Waals surface area contributed by atoms with E-state index in [1.54, 1.807) is 13.2 Å². The second-order valence-corrected chi connectivity index (χ2v) is 5.76. The van der Waals surface area contributed by atoms with Crippen LogP contribution < -0.4 is 4.74 Å². The third-order valence-electron chi connectivity index (χ3n) is 3.74. The maximum Gasteiger partial charge on any atom is 0.154 e. The molecule has 0 spiro atoms. The largest absolute Gasteiger partial charge is 0.507 e. The Morgan fingerprint density at radius 3 is 2.46 bits per heavy atom. The second-order valence-electron chi connectivity index (χ2n) is 5.76. The van der Waals surface area contributed by atoms with Crippen LogP contribution in [0, 0.1) is 0 Å². The highest BCUT2D eigenvalue weighted by molar-refractivity contribution is 5.89. The molecule has 1 N–H and O–H groups in total. The van der Waals surface area contributed by atoms with Gasteiger partial charge in [0.15, 0.2) is 6.29 Å². The molecule has 0 saturated carbocycles. The number of hydrogen-bond donors (Lipinski definition) is 1. The van der Waals surface area contributed by atoms with Crippen LogP contribution in [-0.4, -0.2) is 18.5 Å². The van der Waals surface area contributed by atoms with Crippen molar-refractivity contribution in [2.75, 3.05) is 7.11 Å². The fraction of sp³-hybridized carbons (Fsp3) is 0.190. The first-order valence-corrected chi connectivity index (χ1v) is 7.81. The summed E-state index contributed by atoms with van der Waals surface area (Å²) < 4.78 is 5.41. The lowest BCUT2D eigenvalue weighted by Gasteiger charge is -2.13. The highest BCUT2D eigenvalue weighted by atomic mass is 16.5. The van der Waals surface area contributed by atoms with E-state index < -0.39 is 0 Å². The minimum Gasteiger partial charge on any atom is -0.507 e. The van der Waals surface area contributed by atoms with Gasteiger partial charge in [0.05, 0.1) is 12.7 Å². The lowest BCUT2D eigenvalue weighted by molar-refractivity contribution is 0.112. The molecule has 2 aromatic rings. The van der Waals surface area contributed by atoms with Crippen molar-refractivity contribution >= 4 is 18.4 Å². The van der Waals surface area contributed by atoms with Crippen molar-refractivity contribution in [3.8, 4) is 11.5 Å². The predicted molar refractivity (Wildman–Crippen MR) is 98.6 cm³/mol. The van der Waals surface area contributed by atoms with Crippen molar-refractivity contribution in [2.24, 2.45) is 0 Å². The number of phenolic OH excluding ortho intramolecular Hbond substituents is 1. The summed E-state index contributed by atoms with van der Waals surface area (Å²) >= 11 is 0. The third-order valence-corrected chi connectivity index (χ3v) is 3.74. The van der Waals surface area contributed by atoms with E-state index in [0.29, 0.717) is 29.6 Å². The van der Waals surface area contributed by atoms with E-state index in [0.717, 1.165) is 11.1 Å². The van der Waals surface area contributed by atoms with Crippen LogP contribution in [-0.2, 0) is 6.42 Å². The first-order valence-electron chi connectivity index (χ1n) is 7.81. The van der Waals surface area contributed by atoms with Gasteiger partial charge in [-0.1, -0.05) is 54.1 Å². The summed E-state index contributed by atoms with van der Waals surface area (Å²) in [5.41, 5.74) is 3.68. The number of ether oxygens (including phenoxy) is 1. The van der Waals surface area contributed by atoms with E-state index in [-0.39, 0.29) is 11.3 Å². The van der Waals surface area contributed by atoms with Crippen molar-refractivity contribution in [3.05, 3.63) is 70.3 Å². The highest BCUT2D eigenvalue weighted by Gasteiger charge is 2.16. The van der Waals surface area contributed by atoms with Gasteiger partial charge in [-0.25, -0.2) is 0 Å². The quantitative estimate of drug-likeness (QED) is 0.468. The molecular weight excluding hydrogens is 300 g/mol. The number of phenols is 1. The number of carbonyl (C=O) groups excluding carboxylic acids is 1. The molecule has 0 saturated heterocycles. The maximum absolute atomic E-state index is 11.5. The van der Waals surface area contributed by atoms with Gasteiger partial charge in [-0.3, -0.25) is 4.79 Å². The van der Waals surface area contributed by atoms with Gasteiger partial charge in [0, 0.05) is 5.56 Å². The van der Waals surface area contributed by atoms with E-state index in [9.17, 15) is 9.90 Å². The van der Waals surface area contributed by atoms with Crippen LogP contribution in [0.15, 0.2) is 48.0 Å². The number of rotatable bonds is 6. The summed E-state index contributed by atoms with van der Waals surface area (Å²) in [6, 6.07) is 11.6. The molecule has 3 heteroatoms. The van der Waals surface area contributed by atoms with Crippen molar-refractivity contribution in [1.29, 1.82) is 0 Å². The van der Waals surface area contributed by atoms with Crippen molar-refractivity contribution < 1.29 is 14.6 Å². The first-order chi connectivity index (χ1) is 11.6. The Balaban J connectivity index is 2.49. The predicted octanol–water partition coefficient (Wildman–Crippen LogP) is 4.89. The van der Waals surface area contributed by atoms with Gasteiger partial charge >= 0.3 is 0 Å². The standard InChI is InChI=1S/C21H22O3/c1-15(2)9-12-18-20(24-3)13-17(19(14-22)21(18)23)11-10-16-7-5-4-6-8-16/h4-11,13-14,23H,12H2,1-3H3/b11-10+. The zero-order chi connectivity index (χ0) is 17.5. The fourth-order valence-corrected chi connectivity index (χ4v) is 2.42. The van der Waals surface area contributed by atoms with Gasteiger partial charge < -0.3 is 9.84 Å². The number of hydrogen-bond acceptors (Lipinski definition) is 3. The lowest BCUT2D eigenvalue weighted by Crippen LogP contribution is -1.98. The highest BCUT2D eigenvalue weighted by Crippen LogP contribution is 2.35. The minimum atomic E-state index is -0.0189. The molecule has 0 amide bonds. The molecule has 0 atom stereocenters. The number of aromatic hydroxyl groups is 1. The summed E-state index contributed by atoms with van der Waals surface area (Å²) in [6.07, 6.45) is 6.90. The smallest absolute Gasteiger partial charge is 0.154 e. The molecule has 0 radical (unpaired) electrons. The van der Waals surface area contributed by atoms with E-state index in [4.69, 9.17) is 4.74 Å². The maximum atomic E-state index is 11.5. The van der Waals surface area contributed by atoms with Crippen LogP contribution in [0.25, 0.3) is 12.2 Å². The van der Waals surface area contributed by atoms with Crippen LogP contribution in [0.1, 0.15) is 40.9 Å². The zero-order valence-electron chi connectivity index (χ0n) is 14.2. The Kier molecular flexibility index (Phi) is 5.96. The normalized spacial score (nSPS) is 10.6. The van der Waals surface area contributed by atoms with Gasteiger partial charge in [0.25, 0.3) is 0 Å². The topological polar surface area (TPSA) is 46.5 Å². The molecule has 0 aliphatic heterocycles. The Labute approximate surface area is 142 Å². The average molecular weight is 322 g/mol. The summed E-state index contributed by atoms with van der Waals surface area (Å²) in [5.74, 6) is 0.554. The number of allylic oxidation sites excluding steroid dienone is 2. The van der Waals surface area contributed by atoms with Gasteiger partial charge in [-0.05, 0) is 37.5 Å². The number of methoxy groups -OCH3 is 1. The molecule has 2 rings (SSSR count). The molecule has 0 heterocycles.